The molecule has 0 saturated heterocycles. The Morgan fingerprint density at radius 1 is 1.78 bits per heavy atom. The lowest BCUT2D eigenvalue weighted by Gasteiger charge is -1.99. The number of rotatable bonds is 2. The third-order valence-electron chi connectivity index (χ3n) is 1.42. The third kappa shape index (κ3) is 2.35. The van der Waals surface area contributed by atoms with Crippen LogP contribution in [0.1, 0.15) is 12.8 Å². The summed E-state index contributed by atoms with van der Waals surface area (Å²) in [6, 6.07) is 0. The third-order valence-corrected chi connectivity index (χ3v) is 1.42. The van der Waals surface area contributed by atoms with E-state index < -0.39 is 0 Å². The SMILES string of the molecule is COC(=O)NCC1CC1. The van der Waals surface area contributed by atoms with E-state index in [0.717, 1.165) is 12.5 Å². The maximum atomic E-state index is 10.4. The van der Waals surface area contributed by atoms with E-state index in [0.29, 0.717) is 0 Å². The monoisotopic (exact) mass is 129 g/mol. The molecule has 0 spiro atoms. The van der Waals surface area contributed by atoms with Crippen LogP contribution in [-0.4, -0.2) is 19.7 Å². The molecule has 0 aromatic rings. The van der Waals surface area contributed by atoms with E-state index in [4.69, 9.17) is 0 Å². The summed E-state index contributed by atoms with van der Waals surface area (Å²) in [6.07, 6.45) is 2.19. The van der Waals surface area contributed by atoms with Crippen LogP contribution in [0.25, 0.3) is 0 Å². The molecule has 1 N–H and O–H groups in total. The molecule has 1 aliphatic carbocycles. The molecule has 0 aromatic carbocycles. The van der Waals surface area contributed by atoms with Crippen LogP contribution in [0.2, 0.25) is 0 Å². The normalized spacial score (nSPS) is 17.0. The van der Waals surface area contributed by atoms with E-state index >= 15 is 0 Å². The summed E-state index contributed by atoms with van der Waals surface area (Å²) < 4.78 is 4.38. The molecule has 1 aliphatic rings. The van der Waals surface area contributed by atoms with Crippen molar-refractivity contribution in [3.63, 3.8) is 0 Å². The minimum Gasteiger partial charge on any atom is -0.453 e. The van der Waals surface area contributed by atoms with Gasteiger partial charge in [0.1, 0.15) is 0 Å². The first-order chi connectivity index (χ1) is 4.33. The molecule has 0 atom stereocenters. The highest BCUT2D eigenvalue weighted by atomic mass is 16.5. The first-order valence-corrected chi connectivity index (χ1v) is 3.14. The molecule has 0 unspecified atom stereocenters. The molecule has 0 radical (unpaired) electrons. The van der Waals surface area contributed by atoms with Gasteiger partial charge in [-0.3, -0.25) is 0 Å². The van der Waals surface area contributed by atoms with Crippen LogP contribution in [-0.2, 0) is 4.74 Å². The number of amides is 1. The lowest BCUT2D eigenvalue weighted by Crippen LogP contribution is -2.24. The van der Waals surface area contributed by atoms with E-state index in [-0.39, 0.29) is 6.09 Å². The smallest absolute Gasteiger partial charge is 0.406 e. The molecular formula is C6H11NO2. The lowest BCUT2D eigenvalue weighted by molar-refractivity contribution is 0.170. The highest BCUT2D eigenvalue weighted by Gasteiger charge is 2.21. The van der Waals surface area contributed by atoms with E-state index in [9.17, 15) is 4.79 Å². The van der Waals surface area contributed by atoms with Crippen LogP contribution < -0.4 is 5.32 Å². The number of methoxy groups -OCH3 is 1. The molecule has 3 nitrogen and oxygen atoms in total. The van der Waals surface area contributed by atoms with Crippen LogP contribution in [0.15, 0.2) is 0 Å². The highest BCUT2D eigenvalue weighted by molar-refractivity contribution is 5.66. The average molecular weight is 129 g/mol. The topological polar surface area (TPSA) is 38.3 Å². The Labute approximate surface area is 54.4 Å². The van der Waals surface area contributed by atoms with Crippen molar-refractivity contribution in [3.8, 4) is 0 Å². The van der Waals surface area contributed by atoms with Gasteiger partial charge in [0.2, 0.25) is 0 Å². The number of carbonyl (C=O) groups excluding carboxylic acids is 1. The van der Waals surface area contributed by atoms with Gasteiger partial charge in [0.15, 0.2) is 0 Å². The van der Waals surface area contributed by atoms with Crippen LogP contribution in [0, 0.1) is 5.92 Å². The zero-order chi connectivity index (χ0) is 6.69. The second-order valence-corrected chi connectivity index (χ2v) is 2.32. The summed E-state index contributed by atoms with van der Waals surface area (Å²) in [7, 11) is 1.38. The van der Waals surface area contributed by atoms with Crippen LogP contribution in [0.3, 0.4) is 0 Å². The highest BCUT2D eigenvalue weighted by Crippen LogP contribution is 2.27. The molecule has 3 heteroatoms. The van der Waals surface area contributed by atoms with Crippen molar-refractivity contribution in [1.82, 2.24) is 5.32 Å². The van der Waals surface area contributed by atoms with Gasteiger partial charge in [-0.25, -0.2) is 4.79 Å². The van der Waals surface area contributed by atoms with Crippen LogP contribution >= 0.6 is 0 Å². The number of hydrogen-bond donors (Lipinski definition) is 1. The molecule has 9 heavy (non-hydrogen) atoms. The maximum absolute atomic E-state index is 10.4. The Hall–Kier alpha value is -0.730. The fourth-order valence-electron chi connectivity index (χ4n) is 0.622. The predicted molar refractivity (Wildman–Crippen MR) is 33.1 cm³/mol. The second kappa shape index (κ2) is 2.71. The number of ether oxygens (including phenoxy) is 1. The van der Waals surface area contributed by atoms with Crippen LogP contribution in [0.5, 0.6) is 0 Å². The first-order valence-electron chi connectivity index (χ1n) is 3.14. The maximum Gasteiger partial charge on any atom is 0.406 e. The van der Waals surface area contributed by atoms with E-state index in [1.165, 1.54) is 20.0 Å². The van der Waals surface area contributed by atoms with E-state index in [1.54, 1.807) is 0 Å². The van der Waals surface area contributed by atoms with Crippen molar-refractivity contribution in [1.29, 1.82) is 0 Å². The van der Waals surface area contributed by atoms with Gasteiger partial charge in [-0.15, -0.1) is 0 Å². The molecule has 1 rings (SSSR count). The largest absolute Gasteiger partial charge is 0.453 e. The van der Waals surface area contributed by atoms with Gasteiger partial charge in [0.25, 0.3) is 0 Å². The predicted octanol–water partition coefficient (Wildman–Crippen LogP) is 0.752. The number of carbonyl (C=O) groups is 1. The average Bonchev–Trinajstić information content (AvgIpc) is 2.65. The van der Waals surface area contributed by atoms with Gasteiger partial charge < -0.3 is 10.1 Å². The van der Waals surface area contributed by atoms with Crippen molar-refractivity contribution < 1.29 is 9.53 Å². The zero-order valence-corrected chi connectivity index (χ0v) is 5.52. The molecule has 0 aliphatic heterocycles. The summed E-state index contributed by atoms with van der Waals surface area (Å²) >= 11 is 0. The minimum atomic E-state index is -0.318. The quantitative estimate of drug-likeness (QED) is 0.597. The van der Waals surface area contributed by atoms with Gasteiger partial charge in [-0.1, -0.05) is 0 Å². The molecule has 0 aromatic heterocycles. The number of alkyl carbamates (subject to hydrolysis) is 1. The molecule has 52 valence electrons. The Morgan fingerprint density at radius 2 is 2.44 bits per heavy atom. The van der Waals surface area contributed by atoms with Gasteiger partial charge >= 0.3 is 6.09 Å². The standard InChI is InChI=1S/C6H11NO2/c1-9-6(8)7-4-5-2-3-5/h5H,2-4H2,1H3,(H,7,8). The Balaban J connectivity index is 1.96. The summed E-state index contributed by atoms with van der Waals surface area (Å²) in [4.78, 5) is 10.4. The zero-order valence-electron chi connectivity index (χ0n) is 5.52. The molecule has 0 heterocycles. The van der Waals surface area contributed by atoms with Gasteiger partial charge in [0, 0.05) is 6.54 Å². The fourth-order valence-corrected chi connectivity index (χ4v) is 0.622. The summed E-state index contributed by atoms with van der Waals surface area (Å²) in [6.45, 7) is 0.784. The van der Waals surface area contributed by atoms with E-state index in [2.05, 4.69) is 10.1 Å². The van der Waals surface area contributed by atoms with Crippen molar-refractivity contribution in [2.75, 3.05) is 13.7 Å². The van der Waals surface area contributed by atoms with Gasteiger partial charge in [-0.05, 0) is 18.8 Å². The first kappa shape index (κ1) is 6.39. The van der Waals surface area contributed by atoms with E-state index in [1.807, 2.05) is 0 Å². The van der Waals surface area contributed by atoms with Crippen molar-refractivity contribution in [2.45, 2.75) is 12.8 Å². The second-order valence-electron chi connectivity index (χ2n) is 2.32. The lowest BCUT2D eigenvalue weighted by atomic mass is 10.4. The number of nitrogens with one attached hydrogen (secondary N) is 1. The summed E-state index contributed by atoms with van der Waals surface area (Å²) in [5.41, 5.74) is 0. The molecule has 1 amide bonds. The molecule has 1 fully saturated rings. The fraction of sp³-hybridized carbons (Fsp3) is 0.833. The molecule has 1 saturated carbocycles. The van der Waals surface area contributed by atoms with Gasteiger partial charge in [0.05, 0.1) is 7.11 Å². The van der Waals surface area contributed by atoms with Crippen molar-refractivity contribution in [2.24, 2.45) is 5.92 Å². The van der Waals surface area contributed by atoms with Crippen molar-refractivity contribution in [3.05, 3.63) is 0 Å². The Bertz CT molecular complexity index is 110. The molecular weight excluding hydrogens is 118 g/mol. The minimum absolute atomic E-state index is 0.318. The Kier molecular flexibility index (Phi) is 1.92. The number of hydrogen-bond acceptors (Lipinski definition) is 2. The van der Waals surface area contributed by atoms with Crippen LogP contribution in [0.4, 0.5) is 4.79 Å². The Morgan fingerprint density at radius 3 is 2.89 bits per heavy atom. The van der Waals surface area contributed by atoms with Crippen molar-refractivity contribution >= 4 is 6.09 Å². The summed E-state index contributed by atoms with van der Waals surface area (Å²) in [5, 5.41) is 2.63. The molecule has 0 bridgehead atoms. The van der Waals surface area contributed by atoms with Gasteiger partial charge in [-0.2, -0.15) is 0 Å². The summed E-state index contributed by atoms with van der Waals surface area (Å²) in [5.74, 6) is 0.726.